The Balaban J connectivity index is 4.98. The second-order valence-electron chi connectivity index (χ2n) is 6.49. The summed E-state index contributed by atoms with van der Waals surface area (Å²) < 4.78 is 0. The van der Waals surface area contributed by atoms with Crippen molar-refractivity contribution in [3.63, 3.8) is 0 Å². The number of amides is 3. The Morgan fingerprint density at radius 1 is 1.26 bits per heavy atom. The predicted octanol–water partition coefficient (Wildman–Crippen LogP) is 1.26. The first kappa shape index (κ1) is 21.4. The van der Waals surface area contributed by atoms with Crippen molar-refractivity contribution < 1.29 is 19.6 Å². The van der Waals surface area contributed by atoms with E-state index in [1.54, 1.807) is 14.1 Å². The average molecular weight is 329 g/mol. The molecule has 0 aliphatic heterocycles. The van der Waals surface area contributed by atoms with Gasteiger partial charge in [0.05, 0.1) is 12.5 Å². The molecular formula is C16H31N3O4. The van der Waals surface area contributed by atoms with Crippen LogP contribution in [-0.2, 0) is 14.4 Å². The van der Waals surface area contributed by atoms with Crippen LogP contribution in [0.5, 0.6) is 0 Å². The quantitative estimate of drug-likeness (QED) is 0.339. The zero-order valence-electron chi connectivity index (χ0n) is 14.9. The van der Waals surface area contributed by atoms with Crippen molar-refractivity contribution in [2.24, 2.45) is 11.8 Å². The van der Waals surface area contributed by atoms with Gasteiger partial charge in [0, 0.05) is 14.1 Å². The highest BCUT2D eigenvalue weighted by Crippen LogP contribution is 2.13. The summed E-state index contributed by atoms with van der Waals surface area (Å²) in [5.74, 6) is -0.741. The smallest absolute Gasteiger partial charge is 0.244 e. The zero-order valence-corrected chi connectivity index (χ0v) is 14.9. The molecule has 0 heterocycles. The van der Waals surface area contributed by atoms with Gasteiger partial charge >= 0.3 is 0 Å². The lowest BCUT2D eigenvalue weighted by atomic mass is 9.98. The summed E-state index contributed by atoms with van der Waals surface area (Å²) in [5.41, 5.74) is 0. The minimum atomic E-state index is -0.593. The maximum Gasteiger partial charge on any atom is 0.244 e. The molecular weight excluding hydrogens is 298 g/mol. The molecule has 0 rings (SSSR count). The topological polar surface area (TPSA) is 90.0 Å². The Labute approximate surface area is 139 Å². The number of likely N-dealkylation sites (N-methyl/N-ethyl adjacent to an activating group) is 1. The van der Waals surface area contributed by atoms with Crippen LogP contribution in [0.1, 0.15) is 46.5 Å². The molecule has 0 fully saturated rings. The van der Waals surface area contributed by atoms with E-state index in [4.69, 9.17) is 0 Å². The number of nitrogens with zero attached hydrogens (tertiary/aromatic N) is 2. The molecule has 0 spiro atoms. The Morgan fingerprint density at radius 3 is 2.30 bits per heavy atom. The van der Waals surface area contributed by atoms with Gasteiger partial charge in [-0.25, -0.2) is 5.06 Å². The van der Waals surface area contributed by atoms with Crippen LogP contribution in [0.15, 0.2) is 0 Å². The molecule has 0 aliphatic carbocycles. The molecule has 7 nitrogen and oxygen atoms in total. The SMILES string of the molecule is CCCCC(CN(O)C=O)C(=O)N[C@@H](CC(C)C)C(=O)N(C)C. The first-order valence-corrected chi connectivity index (χ1v) is 8.15. The Morgan fingerprint density at radius 2 is 1.87 bits per heavy atom. The van der Waals surface area contributed by atoms with Crippen molar-refractivity contribution in [1.82, 2.24) is 15.3 Å². The predicted molar refractivity (Wildman–Crippen MR) is 87.7 cm³/mol. The first-order chi connectivity index (χ1) is 10.7. The fourth-order valence-corrected chi connectivity index (χ4v) is 2.32. The van der Waals surface area contributed by atoms with Crippen molar-refractivity contribution in [3.05, 3.63) is 0 Å². The summed E-state index contributed by atoms with van der Waals surface area (Å²) >= 11 is 0. The lowest BCUT2D eigenvalue weighted by molar-refractivity contribution is -0.155. The number of hydrogen-bond donors (Lipinski definition) is 2. The molecule has 0 aromatic rings. The van der Waals surface area contributed by atoms with Crippen molar-refractivity contribution >= 4 is 18.2 Å². The molecule has 2 N–H and O–H groups in total. The van der Waals surface area contributed by atoms with E-state index < -0.39 is 12.0 Å². The number of carbonyl (C=O) groups excluding carboxylic acids is 3. The van der Waals surface area contributed by atoms with Gasteiger partial charge in [-0.3, -0.25) is 19.6 Å². The van der Waals surface area contributed by atoms with E-state index >= 15 is 0 Å². The molecule has 0 aromatic heterocycles. The number of carbonyl (C=O) groups is 3. The van der Waals surface area contributed by atoms with Crippen LogP contribution >= 0.6 is 0 Å². The fourth-order valence-electron chi connectivity index (χ4n) is 2.32. The molecule has 0 bridgehead atoms. The van der Waals surface area contributed by atoms with E-state index in [9.17, 15) is 19.6 Å². The molecule has 0 saturated carbocycles. The van der Waals surface area contributed by atoms with E-state index in [2.05, 4.69) is 5.32 Å². The number of rotatable bonds is 11. The summed E-state index contributed by atoms with van der Waals surface area (Å²) in [6, 6.07) is -0.593. The fraction of sp³-hybridized carbons (Fsp3) is 0.812. The third-order valence-electron chi connectivity index (χ3n) is 3.57. The van der Waals surface area contributed by atoms with E-state index in [0.29, 0.717) is 17.9 Å². The average Bonchev–Trinajstić information content (AvgIpc) is 2.48. The van der Waals surface area contributed by atoms with Gasteiger partial charge in [-0.05, 0) is 18.8 Å². The molecule has 7 heteroatoms. The van der Waals surface area contributed by atoms with Gasteiger partial charge in [-0.1, -0.05) is 33.6 Å². The minimum absolute atomic E-state index is 0.0696. The molecule has 0 aromatic carbocycles. The maximum atomic E-state index is 12.5. The van der Waals surface area contributed by atoms with Gasteiger partial charge in [-0.15, -0.1) is 0 Å². The Kier molecular flexibility index (Phi) is 10.2. The summed E-state index contributed by atoms with van der Waals surface area (Å²) in [6.45, 7) is 5.90. The highest BCUT2D eigenvalue weighted by Gasteiger charge is 2.27. The summed E-state index contributed by atoms with van der Waals surface area (Å²) in [5, 5.41) is 12.6. The second-order valence-corrected chi connectivity index (χ2v) is 6.49. The monoisotopic (exact) mass is 329 g/mol. The van der Waals surface area contributed by atoms with E-state index in [1.165, 1.54) is 4.90 Å². The zero-order chi connectivity index (χ0) is 18.0. The molecule has 3 amide bonds. The first-order valence-electron chi connectivity index (χ1n) is 8.15. The van der Waals surface area contributed by atoms with Gasteiger partial charge in [0.15, 0.2) is 0 Å². The van der Waals surface area contributed by atoms with Gasteiger partial charge < -0.3 is 10.2 Å². The standard InChI is InChI=1S/C16H31N3O4/c1-6-7-8-13(10-19(23)11-20)15(21)17-14(9-12(2)3)16(22)18(4)5/h11-14,23H,6-10H2,1-5H3,(H,17,21)/t13?,14-/m0/s1. The van der Waals surface area contributed by atoms with Gasteiger partial charge in [0.2, 0.25) is 18.2 Å². The van der Waals surface area contributed by atoms with Crippen LogP contribution in [0.25, 0.3) is 0 Å². The molecule has 0 aliphatic rings. The van der Waals surface area contributed by atoms with Crippen LogP contribution in [0, 0.1) is 11.8 Å². The number of nitrogens with one attached hydrogen (secondary N) is 1. The van der Waals surface area contributed by atoms with E-state index in [1.807, 2.05) is 20.8 Å². The van der Waals surface area contributed by atoms with Crippen LogP contribution in [0.2, 0.25) is 0 Å². The Hall–Kier alpha value is -1.63. The molecule has 23 heavy (non-hydrogen) atoms. The molecule has 0 radical (unpaired) electrons. The molecule has 2 atom stereocenters. The maximum absolute atomic E-state index is 12.5. The van der Waals surface area contributed by atoms with Crippen molar-refractivity contribution in [2.75, 3.05) is 20.6 Å². The third kappa shape index (κ3) is 8.54. The molecule has 1 unspecified atom stereocenters. The summed E-state index contributed by atoms with van der Waals surface area (Å²) in [4.78, 5) is 36.8. The summed E-state index contributed by atoms with van der Waals surface area (Å²) in [6.07, 6.45) is 3.09. The van der Waals surface area contributed by atoms with E-state index in [0.717, 1.165) is 12.8 Å². The van der Waals surface area contributed by atoms with Crippen molar-refractivity contribution in [2.45, 2.75) is 52.5 Å². The number of hydrogen-bond acceptors (Lipinski definition) is 4. The van der Waals surface area contributed by atoms with Crippen LogP contribution in [0.3, 0.4) is 0 Å². The molecule has 134 valence electrons. The second kappa shape index (κ2) is 11.0. The van der Waals surface area contributed by atoms with Crippen LogP contribution in [0.4, 0.5) is 0 Å². The highest BCUT2D eigenvalue weighted by molar-refractivity contribution is 5.88. The minimum Gasteiger partial charge on any atom is -0.347 e. The van der Waals surface area contributed by atoms with Crippen LogP contribution in [-0.4, -0.2) is 60.1 Å². The van der Waals surface area contributed by atoms with Crippen molar-refractivity contribution in [3.8, 4) is 0 Å². The molecule has 0 saturated heterocycles. The van der Waals surface area contributed by atoms with Gasteiger partial charge in [0.1, 0.15) is 6.04 Å². The van der Waals surface area contributed by atoms with Gasteiger partial charge in [-0.2, -0.15) is 0 Å². The number of unbranched alkanes of at least 4 members (excludes halogenated alkanes) is 1. The third-order valence-corrected chi connectivity index (χ3v) is 3.57. The normalized spacial score (nSPS) is 13.3. The summed E-state index contributed by atoms with van der Waals surface area (Å²) in [7, 11) is 3.30. The number of hydroxylamine groups is 2. The van der Waals surface area contributed by atoms with Gasteiger partial charge in [0.25, 0.3) is 0 Å². The lowest BCUT2D eigenvalue weighted by Crippen LogP contribution is -2.50. The highest BCUT2D eigenvalue weighted by atomic mass is 16.5. The Bertz CT molecular complexity index is 386. The van der Waals surface area contributed by atoms with Crippen molar-refractivity contribution in [1.29, 1.82) is 0 Å². The van der Waals surface area contributed by atoms with Crippen LogP contribution < -0.4 is 5.32 Å². The lowest BCUT2D eigenvalue weighted by Gasteiger charge is -2.26. The van der Waals surface area contributed by atoms with E-state index in [-0.39, 0.29) is 30.7 Å². The largest absolute Gasteiger partial charge is 0.347 e.